The van der Waals surface area contributed by atoms with Crippen LogP contribution in [0.2, 0.25) is 0 Å². The van der Waals surface area contributed by atoms with Crippen molar-refractivity contribution in [2.45, 2.75) is 6.92 Å². The Balaban J connectivity index is 2.45. The number of benzene rings is 2. The summed E-state index contributed by atoms with van der Waals surface area (Å²) in [6.07, 6.45) is 0. The van der Waals surface area contributed by atoms with E-state index >= 15 is 0 Å². The summed E-state index contributed by atoms with van der Waals surface area (Å²) in [5.74, 6) is 1.55. The van der Waals surface area contributed by atoms with Crippen molar-refractivity contribution in [3.8, 4) is 17.2 Å². The Morgan fingerprint density at radius 1 is 0.952 bits per heavy atom. The fourth-order valence-electron chi connectivity index (χ4n) is 2.07. The van der Waals surface area contributed by atoms with E-state index in [9.17, 15) is 4.79 Å². The van der Waals surface area contributed by atoms with Gasteiger partial charge in [-0.3, -0.25) is 4.79 Å². The van der Waals surface area contributed by atoms with Gasteiger partial charge in [0.25, 0.3) is 0 Å². The van der Waals surface area contributed by atoms with Crippen LogP contribution in [-0.4, -0.2) is 26.6 Å². The Morgan fingerprint density at radius 2 is 1.67 bits per heavy atom. The van der Waals surface area contributed by atoms with Crippen LogP contribution in [0.25, 0.3) is 0 Å². The van der Waals surface area contributed by atoms with E-state index in [1.54, 1.807) is 37.4 Å². The second-order valence-corrected chi connectivity index (χ2v) is 4.32. The van der Waals surface area contributed by atoms with Gasteiger partial charge in [0.2, 0.25) is 0 Å². The summed E-state index contributed by atoms with van der Waals surface area (Å²) in [5.41, 5.74) is 0.994. The van der Waals surface area contributed by atoms with Crippen molar-refractivity contribution in [2.75, 3.05) is 20.8 Å². The maximum atomic E-state index is 12.7. The normalized spacial score (nSPS) is 10.0. The highest BCUT2D eigenvalue weighted by Crippen LogP contribution is 2.29. The van der Waals surface area contributed by atoms with Crippen LogP contribution in [0.1, 0.15) is 22.8 Å². The topological polar surface area (TPSA) is 44.8 Å². The van der Waals surface area contributed by atoms with E-state index < -0.39 is 0 Å². The molecule has 0 amide bonds. The molecule has 0 N–H and O–H groups in total. The zero-order valence-electron chi connectivity index (χ0n) is 12.4. The lowest BCUT2D eigenvalue weighted by atomic mass is 10.0. The standard InChI is InChI=1S/C17H18O4/c1-4-21-15-8-6-5-7-13(15)17(18)14-10-9-12(19-2)11-16(14)20-3/h5-11H,4H2,1-3H3. The highest BCUT2D eigenvalue weighted by molar-refractivity contribution is 6.12. The van der Waals surface area contributed by atoms with Crippen LogP contribution in [0, 0.1) is 0 Å². The third-order valence-electron chi connectivity index (χ3n) is 3.08. The van der Waals surface area contributed by atoms with Gasteiger partial charge < -0.3 is 14.2 Å². The number of hydrogen-bond acceptors (Lipinski definition) is 4. The molecular weight excluding hydrogens is 268 g/mol. The molecule has 4 heteroatoms. The lowest BCUT2D eigenvalue weighted by Gasteiger charge is -2.12. The molecule has 110 valence electrons. The highest BCUT2D eigenvalue weighted by atomic mass is 16.5. The molecule has 2 rings (SSSR count). The van der Waals surface area contributed by atoms with Gasteiger partial charge in [-0.25, -0.2) is 0 Å². The summed E-state index contributed by atoms with van der Waals surface area (Å²) < 4.78 is 15.9. The molecule has 0 aliphatic carbocycles. The maximum absolute atomic E-state index is 12.7. The average Bonchev–Trinajstić information content (AvgIpc) is 2.54. The van der Waals surface area contributed by atoms with E-state index in [4.69, 9.17) is 14.2 Å². The van der Waals surface area contributed by atoms with Crippen LogP contribution in [-0.2, 0) is 0 Å². The Hall–Kier alpha value is -2.49. The first kappa shape index (κ1) is 14.9. The quantitative estimate of drug-likeness (QED) is 0.764. The van der Waals surface area contributed by atoms with Crippen molar-refractivity contribution in [1.29, 1.82) is 0 Å². The molecule has 0 saturated carbocycles. The third kappa shape index (κ3) is 3.16. The molecule has 0 saturated heterocycles. The van der Waals surface area contributed by atoms with Gasteiger partial charge in [-0.05, 0) is 31.2 Å². The van der Waals surface area contributed by atoms with E-state index in [1.165, 1.54) is 7.11 Å². The number of rotatable bonds is 6. The molecule has 0 aliphatic rings. The molecule has 0 unspecified atom stereocenters. The van der Waals surface area contributed by atoms with Crippen molar-refractivity contribution in [3.63, 3.8) is 0 Å². The van der Waals surface area contributed by atoms with Crippen LogP contribution in [0.5, 0.6) is 17.2 Å². The van der Waals surface area contributed by atoms with Crippen molar-refractivity contribution < 1.29 is 19.0 Å². The van der Waals surface area contributed by atoms with Crippen LogP contribution in [0.3, 0.4) is 0 Å². The molecule has 0 bridgehead atoms. The zero-order chi connectivity index (χ0) is 15.2. The van der Waals surface area contributed by atoms with Gasteiger partial charge in [-0.15, -0.1) is 0 Å². The summed E-state index contributed by atoms with van der Waals surface area (Å²) in [7, 11) is 3.10. The minimum absolute atomic E-state index is 0.140. The largest absolute Gasteiger partial charge is 0.497 e. The lowest BCUT2D eigenvalue weighted by Crippen LogP contribution is -2.07. The summed E-state index contributed by atoms with van der Waals surface area (Å²) >= 11 is 0. The number of ketones is 1. The van der Waals surface area contributed by atoms with Gasteiger partial charge in [-0.2, -0.15) is 0 Å². The molecule has 2 aromatic carbocycles. The molecule has 4 nitrogen and oxygen atoms in total. The molecule has 0 heterocycles. The fraction of sp³-hybridized carbons (Fsp3) is 0.235. The van der Waals surface area contributed by atoms with Crippen molar-refractivity contribution in [3.05, 3.63) is 53.6 Å². The smallest absolute Gasteiger partial charge is 0.200 e. The van der Waals surface area contributed by atoms with Gasteiger partial charge in [-0.1, -0.05) is 12.1 Å². The Morgan fingerprint density at radius 3 is 2.33 bits per heavy atom. The highest BCUT2D eigenvalue weighted by Gasteiger charge is 2.18. The predicted molar refractivity (Wildman–Crippen MR) is 80.6 cm³/mol. The molecule has 0 spiro atoms. The molecule has 21 heavy (non-hydrogen) atoms. The minimum Gasteiger partial charge on any atom is -0.497 e. The summed E-state index contributed by atoms with van der Waals surface area (Å²) in [6, 6.07) is 12.3. The van der Waals surface area contributed by atoms with Gasteiger partial charge in [0.1, 0.15) is 17.2 Å². The fourth-order valence-corrected chi connectivity index (χ4v) is 2.07. The molecule has 0 atom stereocenters. The van der Waals surface area contributed by atoms with E-state index in [1.807, 2.05) is 19.1 Å². The number of carbonyl (C=O) groups excluding carboxylic acids is 1. The number of para-hydroxylation sites is 1. The van der Waals surface area contributed by atoms with Crippen LogP contribution >= 0.6 is 0 Å². The van der Waals surface area contributed by atoms with Gasteiger partial charge in [0.15, 0.2) is 5.78 Å². The van der Waals surface area contributed by atoms with Crippen molar-refractivity contribution in [1.82, 2.24) is 0 Å². The predicted octanol–water partition coefficient (Wildman–Crippen LogP) is 3.33. The second kappa shape index (κ2) is 6.79. The van der Waals surface area contributed by atoms with Gasteiger partial charge in [0.05, 0.1) is 32.0 Å². The summed E-state index contributed by atoms with van der Waals surface area (Å²) in [5, 5.41) is 0. The number of carbonyl (C=O) groups is 1. The lowest BCUT2D eigenvalue weighted by molar-refractivity contribution is 0.103. The molecule has 0 fully saturated rings. The van der Waals surface area contributed by atoms with Crippen LogP contribution < -0.4 is 14.2 Å². The second-order valence-electron chi connectivity index (χ2n) is 4.32. The average molecular weight is 286 g/mol. The number of methoxy groups -OCH3 is 2. The summed E-state index contributed by atoms with van der Waals surface area (Å²) in [4.78, 5) is 12.7. The monoisotopic (exact) mass is 286 g/mol. The number of ether oxygens (including phenoxy) is 3. The SMILES string of the molecule is CCOc1ccccc1C(=O)c1ccc(OC)cc1OC. The van der Waals surface area contributed by atoms with Gasteiger partial charge in [0, 0.05) is 6.07 Å². The maximum Gasteiger partial charge on any atom is 0.200 e. The first-order valence-corrected chi connectivity index (χ1v) is 6.69. The molecule has 0 aromatic heterocycles. The van der Waals surface area contributed by atoms with Crippen LogP contribution in [0.4, 0.5) is 0 Å². The van der Waals surface area contributed by atoms with E-state index in [0.29, 0.717) is 35.0 Å². The van der Waals surface area contributed by atoms with E-state index in [-0.39, 0.29) is 5.78 Å². The zero-order valence-corrected chi connectivity index (χ0v) is 12.4. The summed E-state index contributed by atoms with van der Waals surface area (Å²) in [6.45, 7) is 2.39. The molecule has 0 aliphatic heterocycles. The first-order chi connectivity index (χ1) is 10.2. The van der Waals surface area contributed by atoms with E-state index in [0.717, 1.165) is 0 Å². The Labute approximate surface area is 124 Å². The molecular formula is C17H18O4. The Bertz CT molecular complexity index is 634. The molecule has 0 radical (unpaired) electrons. The number of hydrogen-bond donors (Lipinski definition) is 0. The van der Waals surface area contributed by atoms with Crippen molar-refractivity contribution in [2.24, 2.45) is 0 Å². The van der Waals surface area contributed by atoms with E-state index in [2.05, 4.69) is 0 Å². The van der Waals surface area contributed by atoms with Gasteiger partial charge >= 0.3 is 0 Å². The first-order valence-electron chi connectivity index (χ1n) is 6.69. The molecule has 2 aromatic rings. The minimum atomic E-state index is -0.140. The van der Waals surface area contributed by atoms with Crippen molar-refractivity contribution >= 4 is 5.78 Å². The Kier molecular flexibility index (Phi) is 4.82. The third-order valence-corrected chi connectivity index (χ3v) is 3.08. The van der Waals surface area contributed by atoms with Crippen LogP contribution in [0.15, 0.2) is 42.5 Å².